The molecule has 0 bridgehead atoms. The third-order valence-electron chi connectivity index (χ3n) is 2.01. The number of hydrogen-bond acceptors (Lipinski definition) is 2. The van der Waals surface area contributed by atoms with E-state index in [1.54, 1.807) is 12.1 Å². The minimum absolute atomic E-state index is 0.00727. The maximum Gasteiger partial charge on any atom is 0.176 e. The predicted octanol–water partition coefficient (Wildman–Crippen LogP) is 2.05. The lowest BCUT2D eigenvalue weighted by atomic mass is 10.1. The summed E-state index contributed by atoms with van der Waals surface area (Å²) in [6, 6.07) is 5.27. The lowest BCUT2D eigenvalue weighted by molar-refractivity contribution is 0.0992. The van der Waals surface area contributed by atoms with E-state index in [4.69, 9.17) is 18.0 Å². The van der Waals surface area contributed by atoms with Gasteiger partial charge < -0.3 is 0 Å². The lowest BCUT2D eigenvalue weighted by Gasteiger charge is -2.03. The maximum atomic E-state index is 11.6. The summed E-state index contributed by atoms with van der Waals surface area (Å²) >= 11 is 5.91. The molecule has 2 nitrogen and oxygen atoms in total. The fourth-order valence-corrected chi connectivity index (χ4v) is 1.30. The van der Waals surface area contributed by atoms with E-state index in [1.165, 1.54) is 0 Å². The highest BCUT2D eigenvalue weighted by Gasteiger charge is 2.06. The van der Waals surface area contributed by atoms with E-state index in [0.717, 1.165) is 5.56 Å². The largest absolute Gasteiger partial charge is 0.299 e. The van der Waals surface area contributed by atoms with E-state index in [2.05, 4.69) is 11.2 Å². The molecule has 0 heterocycles. The average Bonchev–Trinajstić information content (AvgIpc) is 2.22. The van der Waals surface area contributed by atoms with Gasteiger partial charge in [-0.2, -0.15) is 0 Å². The van der Waals surface area contributed by atoms with Crippen molar-refractivity contribution in [3.63, 3.8) is 0 Å². The second-order valence-corrected chi connectivity index (χ2v) is 3.60. The van der Waals surface area contributed by atoms with Crippen LogP contribution >= 0.6 is 11.6 Å². The number of nitrogens with one attached hydrogen (secondary N) is 1. The third-order valence-corrected chi connectivity index (χ3v) is 2.41. The molecule has 0 aliphatic rings. The summed E-state index contributed by atoms with van der Waals surface area (Å²) in [5.74, 6) is 2.40. The SMILES string of the molecule is C#CCNCC(=O)c1ccc(C)c(Cl)c1. The molecule has 15 heavy (non-hydrogen) atoms. The first-order valence-electron chi connectivity index (χ1n) is 4.58. The van der Waals surface area contributed by atoms with Crippen molar-refractivity contribution >= 4 is 17.4 Å². The molecule has 0 aromatic heterocycles. The second-order valence-electron chi connectivity index (χ2n) is 3.19. The van der Waals surface area contributed by atoms with E-state index in [0.29, 0.717) is 17.1 Å². The van der Waals surface area contributed by atoms with Crippen LogP contribution < -0.4 is 5.32 Å². The quantitative estimate of drug-likeness (QED) is 0.479. The Bertz CT molecular complexity index is 407. The van der Waals surface area contributed by atoms with Crippen molar-refractivity contribution in [3.8, 4) is 12.3 Å². The van der Waals surface area contributed by atoms with Crippen LogP contribution in [0, 0.1) is 19.3 Å². The predicted molar refractivity (Wildman–Crippen MR) is 62.2 cm³/mol. The van der Waals surface area contributed by atoms with Crippen LogP contribution in [0.15, 0.2) is 18.2 Å². The molecule has 0 amide bonds. The first kappa shape index (κ1) is 11.8. The van der Waals surface area contributed by atoms with Gasteiger partial charge in [-0.3, -0.25) is 10.1 Å². The summed E-state index contributed by atoms with van der Waals surface area (Å²) in [7, 11) is 0. The van der Waals surface area contributed by atoms with E-state index in [-0.39, 0.29) is 12.3 Å². The van der Waals surface area contributed by atoms with Gasteiger partial charge in [0.1, 0.15) is 0 Å². The van der Waals surface area contributed by atoms with E-state index >= 15 is 0 Å². The number of carbonyl (C=O) groups excluding carboxylic acids is 1. The van der Waals surface area contributed by atoms with Crippen molar-refractivity contribution in [2.45, 2.75) is 6.92 Å². The smallest absolute Gasteiger partial charge is 0.176 e. The van der Waals surface area contributed by atoms with Gasteiger partial charge in [-0.15, -0.1) is 6.42 Å². The molecule has 0 aliphatic carbocycles. The molecule has 0 fully saturated rings. The second kappa shape index (κ2) is 5.55. The van der Waals surface area contributed by atoms with E-state index in [1.807, 2.05) is 13.0 Å². The van der Waals surface area contributed by atoms with Crippen LogP contribution in [-0.2, 0) is 0 Å². The van der Waals surface area contributed by atoms with Crippen LogP contribution in [0.4, 0.5) is 0 Å². The highest BCUT2D eigenvalue weighted by molar-refractivity contribution is 6.31. The number of Topliss-reactive ketones (excluding diaryl/α,β-unsaturated/α-hetero) is 1. The Balaban J connectivity index is 2.67. The monoisotopic (exact) mass is 221 g/mol. The molecule has 0 saturated carbocycles. The van der Waals surface area contributed by atoms with Gasteiger partial charge >= 0.3 is 0 Å². The average molecular weight is 222 g/mol. The fourth-order valence-electron chi connectivity index (χ4n) is 1.12. The molecule has 1 aromatic rings. The van der Waals surface area contributed by atoms with Gasteiger partial charge in [0.2, 0.25) is 0 Å². The molecular formula is C12H12ClNO. The van der Waals surface area contributed by atoms with Crippen LogP contribution in [0.5, 0.6) is 0 Å². The van der Waals surface area contributed by atoms with E-state index in [9.17, 15) is 4.79 Å². The van der Waals surface area contributed by atoms with Gasteiger partial charge in [0.15, 0.2) is 5.78 Å². The Morgan fingerprint density at radius 3 is 2.93 bits per heavy atom. The molecule has 0 spiro atoms. The first-order chi connectivity index (χ1) is 7.15. The summed E-state index contributed by atoms with van der Waals surface area (Å²) in [4.78, 5) is 11.6. The minimum Gasteiger partial charge on any atom is -0.299 e. The van der Waals surface area contributed by atoms with E-state index < -0.39 is 0 Å². The van der Waals surface area contributed by atoms with Crippen LogP contribution in [0.3, 0.4) is 0 Å². The Labute approximate surface area is 94.6 Å². The summed E-state index contributed by atoms with van der Waals surface area (Å²) in [6.07, 6.45) is 5.05. The number of carbonyl (C=O) groups is 1. The molecule has 1 rings (SSSR count). The number of rotatable bonds is 4. The Morgan fingerprint density at radius 2 is 2.33 bits per heavy atom. The standard InChI is InChI=1S/C12H12ClNO/c1-3-6-14-8-12(15)10-5-4-9(2)11(13)7-10/h1,4-5,7,14H,6,8H2,2H3. The number of benzene rings is 1. The molecule has 0 unspecified atom stereocenters. The summed E-state index contributed by atoms with van der Waals surface area (Å²) in [5, 5.41) is 3.45. The van der Waals surface area contributed by atoms with Crippen molar-refractivity contribution in [1.29, 1.82) is 0 Å². The maximum absolute atomic E-state index is 11.6. The highest BCUT2D eigenvalue weighted by Crippen LogP contribution is 2.16. The normalized spacial score (nSPS) is 9.67. The van der Waals surface area contributed by atoms with Gasteiger partial charge in [-0.25, -0.2) is 0 Å². The van der Waals surface area contributed by atoms with Crippen LogP contribution in [0.2, 0.25) is 5.02 Å². The highest BCUT2D eigenvalue weighted by atomic mass is 35.5. The summed E-state index contributed by atoms with van der Waals surface area (Å²) < 4.78 is 0. The number of hydrogen-bond donors (Lipinski definition) is 1. The summed E-state index contributed by atoms with van der Waals surface area (Å²) in [5.41, 5.74) is 1.57. The number of aryl methyl sites for hydroxylation is 1. The molecule has 0 saturated heterocycles. The number of ketones is 1. The fraction of sp³-hybridized carbons (Fsp3) is 0.250. The van der Waals surface area contributed by atoms with Crippen LogP contribution in [-0.4, -0.2) is 18.9 Å². The number of terminal acetylenes is 1. The molecule has 1 aromatic carbocycles. The lowest BCUT2D eigenvalue weighted by Crippen LogP contribution is -2.23. The molecule has 78 valence electrons. The van der Waals surface area contributed by atoms with Crippen LogP contribution in [0.1, 0.15) is 15.9 Å². The molecule has 1 N–H and O–H groups in total. The zero-order valence-corrected chi connectivity index (χ0v) is 9.27. The molecule has 0 atom stereocenters. The molecular weight excluding hydrogens is 210 g/mol. The third kappa shape index (κ3) is 3.39. The zero-order chi connectivity index (χ0) is 11.3. The molecule has 0 aliphatic heterocycles. The summed E-state index contributed by atoms with van der Waals surface area (Å²) in [6.45, 7) is 2.53. The van der Waals surface area contributed by atoms with Gasteiger partial charge in [-0.1, -0.05) is 29.7 Å². The van der Waals surface area contributed by atoms with Crippen molar-refractivity contribution in [3.05, 3.63) is 34.3 Å². The van der Waals surface area contributed by atoms with Gasteiger partial charge in [0.05, 0.1) is 13.1 Å². The Morgan fingerprint density at radius 1 is 1.60 bits per heavy atom. The van der Waals surface area contributed by atoms with Crippen molar-refractivity contribution < 1.29 is 4.79 Å². The minimum atomic E-state index is -0.00727. The first-order valence-corrected chi connectivity index (χ1v) is 4.96. The molecule has 3 heteroatoms. The Kier molecular flexibility index (Phi) is 4.36. The van der Waals surface area contributed by atoms with Crippen LogP contribution in [0.25, 0.3) is 0 Å². The van der Waals surface area contributed by atoms with Gasteiger partial charge in [0, 0.05) is 10.6 Å². The number of halogens is 1. The van der Waals surface area contributed by atoms with Crippen molar-refractivity contribution in [2.24, 2.45) is 0 Å². The van der Waals surface area contributed by atoms with Gasteiger partial charge in [-0.05, 0) is 18.6 Å². The molecule has 0 radical (unpaired) electrons. The topological polar surface area (TPSA) is 29.1 Å². The van der Waals surface area contributed by atoms with Crippen molar-refractivity contribution in [2.75, 3.05) is 13.1 Å². The van der Waals surface area contributed by atoms with Crippen molar-refractivity contribution in [1.82, 2.24) is 5.32 Å². The Hall–Kier alpha value is -1.30. The van der Waals surface area contributed by atoms with Gasteiger partial charge in [0.25, 0.3) is 0 Å². The zero-order valence-electron chi connectivity index (χ0n) is 8.51.